The van der Waals surface area contributed by atoms with E-state index in [-0.39, 0.29) is 19.1 Å². The number of para-hydroxylation sites is 1. The molecule has 1 aliphatic heterocycles. The summed E-state index contributed by atoms with van der Waals surface area (Å²) in [4.78, 5) is 0. The van der Waals surface area contributed by atoms with Gasteiger partial charge in [-0.3, -0.25) is 0 Å². The van der Waals surface area contributed by atoms with Gasteiger partial charge in [-0.25, -0.2) is 13.1 Å². The van der Waals surface area contributed by atoms with E-state index in [4.69, 9.17) is 21.1 Å². The minimum atomic E-state index is -3.27. The third-order valence-electron chi connectivity index (χ3n) is 2.76. The van der Waals surface area contributed by atoms with Gasteiger partial charge in [0.05, 0.1) is 5.75 Å². The highest BCUT2D eigenvalue weighted by atomic mass is 35.5. The number of sulfonamides is 1. The molecule has 1 aromatic rings. The second-order valence-electron chi connectivity index (χ2n) is 4.19. The van der Waals surface area contributed by atoms with Gasteiger partial charge in [-0.15, -0.1) is 11.6 Å². The van der Waals surface area contributed by atoms with Crippen molar-refractivity contribution in [3.63, 3.8) is 0 Å². The van der Waals surface area contributed by atoms with Crippen molar-refractivity contribution < 1.29 is 17.9 Å². The molecule has 0 radical (unpaired) electrons. The van der Waals surface area contributed by atoms with Crippen LogP contribution in [0.25, 0.3) is 0 Å². The summed E-state index contributed by atoms with van der Waals surface area (Å²) in [6.07, 6.45) is 1.26. The summed E-state index contributed by atoms with van der Waals surface area (Å²) in [5, 5.41) is 0. The largest absolute Gasteiger partial charge is 0.454 e. The minimum Gasteiger partial charge on any atom is -0.454 e. The monoisotopic (exact) mass is 305 g/mol. The average Bonchev–Trinajstić information content (AvgIpc) is 2.85. The summed E-state index contributed by atoms with van der Waals surface area (Å²) in [5.74, 6) is 1.84. The maximum absolute atomic E-state index is 11.8. The topological polar surface area (TPSA) is 64.6 Å². The lowest BCUT2D eigenvalue weighted by molar-refractivity contribution is 0.173. The van der Waals surface area contributed by atoms with E-state index in [1.54, 1.807) is 6.07 Å². The van der Waals surface area contributed by atoms with Gasteiger partial charge in [0.1, 0.15) is 0 Å². The van der Waals surface area contributed by atoms with E-state index in [1.807, 2.05) is 12.1 Å². The highest BCUT2D eigenvalue weighted by Gasteiger charge is 2.18. The second-order valence-corrected chi connectivity index (χ2v) is 6.49. The third kappa shape index (κ3) is 3.99. The second kappa shape index (κ2) is 6.45. The lowest BCUT2D eigenvalue weighted by Gasteiger charge is -2.08. The fourth-order valence-corrected chi connectivity index (χ4v) is 3.07. The SMILES string of the molecule is O=S(=O)(CCCCCl)NCc1cccc2c1OCO2. The van der Waals surface area contributed by atoms with Gasteiger partial charge in [-0.1, -0.05) is 12.1 Å². The molecule has 1 heterocycles. The van der Waals surface area contributed by atoms with E-state index in [1.165, 1.54) is 0 Å². The molecule has 0 saturated carbocycles. The Morgan fingerprint density at radius 3 is 2.89 bits per heavy atom. The van der Waals surface area contributed by atoms with Crippen LogP contribution >= 0.6 is 11.6 Å². The number of fused-ring (bicyclic) bond motifs is 1. The molecule has 0 unspecified atom stereocenters. The highest BCUT2D eigenvalue weighted by Crippen LogP contribution is 2.35. The maximum Gasteiger partial charge on any atom is 0.231 e. The Morgan fingerprint density at radius 1 is 1.26 bits per heavy atom. The summed E-state index contributed by atoms with van der Waals surface area (Å²) in [6, 6.07) is 5.42. The van der Waals surface area contributed by atoms with Crippen molar-refractivity contribution in [2.24, 2.45) is 0 Å². The Morgan fingerprint density at radius 2 is 2.11 bits per heavy atom. The smallest absolute Gasteiger partial charge is 0.231 e. The van der Waals surface area contributed by atoms with Crippen LogP contribution < -0.4 is 14.2 Å². The molecule has 0 bridgehead atoms. The third-order valence-corrected chi connectivity index (χ3v) is 4.43. The number of nitrogens with one attached hydrogen (secondary N) is 1. The van der Waals surface area contributed by atoms with Crippen LogP contribution in [0, 0.1) is 0 Å². The van der Waals surface area contributed by atoms with E-state index >= 15 is 0 Å². The first-order valence-electron chi connectivity index (χ1n) is 6.03. The average molecular weight is 306 g/mol. The van der Waals surface area contributed by atoms with Crippen molar-refractivity contribution in [1.29, 1.82) is 0 Å². The van der Waals surface area contributed by atoms with Crippen molar-refractivity contribution in [2.45, 2.75) is 19.4 Å². The summed E-state index contributed by atoms with van der Waals surface area (Å²) in [5.41, 5.74) is 0.774. The summed E-state index contributed by atoms with van der Waals surface area (Å²) >= 11 is 5.52. The van der Waals surface area contributed by atoms with Crippen LogP contribution in [0.2, 0.25) is 0 Å². The molecule has 0 atom stereocenters. The number of benzene rings is 1. The summed E-state index contributed by atoms with van der Waals surface area (Å²) in [6.45, 7) is 0.380. The van der Waals surface area contributed by atoms with Crippen LogP contribution in [0.3, 0.4) is 0 Å². The van der Waals surface area contributed by atoms with E-state index in [9.17, 15) is 8.42 Å². The van der Waals surface area contributed by atoms with Crippen LogP contribution in [-0.2, 0) is 16.6 Å². The first-order valence-corrected chi connectivity index (χ1v) is 8.22. The van der Waals surface area contributed by atoms with Gasteiger partial charge in [-0.05, 0) is 18.9 Å². The molecule has 0 aliphatic carbocycles. The van der Waals surface area contributed by atoms with Gasteiger partial charge in [0.15, 0.2) is 11.5 Å². The van der Waals surface area contributed by atoms with Crippen molar-refractivity contribution in [1.82, 2.24) is 4.72 Å². The summed E-state index contributed by atoms with van der Waals surface area (Å²) in [7, 11) is -3.27. The van der Waals surface area contributed by atoms with Gasteiger partial charge in [0, 0.05) is 18.0 Å². The van der Waals surface area contributed by atoms with Gasteiger partial charge >= 0.3 is 0 Å². The van der Waals surface area contributed by atoms with E-state index < -0.39 is 10.0 Å². The van der Waals surface area contributed by atoms with Gasteiger partial charge in [0.2, 0.25) is 16.8 Å². The van der Waals surface area contributed by atoms with Gasteiger partial charge < -0.3 is 9.47 Å². The molecule has 106 valence electrons. The number of alkyl halides is 1. The molecule has 1 aromatic carbocycles. The molecule has 1 N–H and O–H groups in total. The van der Waals surface area contributed by atoms with Crippen molar-refractivity contribution in [3.8, 4) is 11.5 Å². The van der Waals surface area contributed by atoms with Crippen molar-refractivity contribution in [3.05, 3.63) is 23.8 Å². The predicted octanol–water partition coefficient (Wildman–Crippen LogP) is 1.85. The van der Waals surface area contributed by atoms with Gasteiger partial charge in [-0.2, -0.15) is 0 Å². The molecule has 7 heteroatoms. The van der Waals surface area contributed by atoms with Crippen molar-refractivity contribution >= 4 is 21.6 Å². The van der Waals surface area contributed by atoms with Crippen LogP contribution in [0.5, 0.6) is 11.5 Å². The Balaban J connectivity index is 1.94. The zero-order valence-corrected chi connectivity index (χ0v) is 12.0. The fraction of sp³-hybridized carbons (Fsp3) is 0.500. The lowest BCUT2D eigenvalue weighted by atomic mass is 10.2. The van der Waals surface area contributed by atoms with Gasteiger partial charge in [0.25, 0.3) is 0 Å². The Kier molecular flexibility index (Phi) is 4.90. The predicted molar refractivity (Wildman–Crippen MR) is 73.1 cm³/mol. The zero-order chi connectivity index (χ0) is 13.7. The van der Waals surface area contributed by atoms with E-state index in [0.29, 0.717) is 30.2 Å². The normalized spacial score (nSPS) is 13.7. The number of ether oxygens (including phenoxy) is 2. The first-order chi connectivity index (χ1) is 9.12. The Hall–Kier alpha value is -0.980. The van der Waals surface area contributed by atoms with E-state index in [0.717, 1.165) is 5.56 Å². The molecule has 19 heavy (non-hydrogen) atoms. The van der Waals surface area contributed by atoms with Crippen LogP contribution in [-0.4, -0.2) is 26.8 Å². The molecule has 0 amide bonds. The van der Waals surface area contributed by atoms with Crippen LogP contribution in [0.1, 0.15) is 18.4 Å². The molecule has 0 spiro atoms. The number of halogens is 1. The molecule has 0 fully saturated rings. The standard InChI is InChI=1S/C12H16ClNO4S/c13-6-1-2-7-19(15,16)14-8-10-4-3-5-11-12(10)18-9-17-11/h3-5,14H,1-2,6-9H2. The first kappa shape index (κ1) is 14.4. The van der Waals surface area contributed by atoms with Crippen molar-refractivity contribution in [2.75, 3.05) is 18.4 Å². The number of hydrogen-bond donors (Lipinski definition) is 1. The minimum absolute atomic E-state index is 0.0894. The molecule has 2 rings (SSSR count). The quantitative estimate of drug-likeness (QED) is 0.617. The van der Waals surface area contributed by atoms with E-state index in [2.05, 4.69) is 4.72 Å². The number of rotatable bonds is 7. The number of hydrogen-bond acceptors (Lipinski definition) is 4. The molecule has 0 saturated heterocycles. The summed E-state index contributed by atoms with van der Waals surface area (Å²) < 4.78 is 36.6. The molecule has 1 aliphatic rings. The fourth-order valence-electron chi connectivity index (χ4n) is 1.78. The molecular weight excluding hydrogens is 290 g/mol. The maximum atomic E-state index is 11.8. The number of unbranched alkanes of at least 4 members (excludes halogenated alkanes) is 1. The molecule has 5 nitrogen and oxygen atoms in total. The van der Waals surface area contributed by atoms with Crippen LogP contribution in [0.4, 0.5) is 0 Å². The highest BCUT2D eigenvalue weighted by molar-refractivity contribution is 7.89. The Bertz CT molecular complexity index is 533. The zero-order valence-electron chi connectivity index (χ0n) is 10.4. The van der Waals surface area contributed by atoms with Crippen LogP contribution in [0.15, 0.2) is 18.2 Å². The molecular formula is C12H16ClNO4S. The Labute approximate surface area is 117 Å². The molecule has 0 aromatic heterocycles. The lowest BCUT2D eigenvalue weighted by Crippen LogP contribution is -2.26.